The van der Waals surface area contributed by atoms with Gasteiger partial charge in [-0.05, 0) is 54.0 Å². The lowest BCUT2D eigenvalue weighted by Crippen LogP contribution is -1.78. The molecule has 0 spiro atoms. The monoisotopic (exact) mass is 321 g/mol. The highest BCUT2D eigenvalue weighted by atomic mass is 79.9. The van der Waals surface area contributed by atoms with Crippen LogP contribution in [0.3, 0.4) is 0 Å². The predicted octanol–water partition coefficient (Wildman–Crippen LogP) is 5.22. The molecule has 0 atom stereocenters. The van der Waals surface area contributed by atoms with Crippen molar-refractivity contribution in [1.29, 1.82) is 0 Å². The zero-order valence-electron chi connectivity index (χ0n) is 10.7. The van der Waals surface area contributed by atoms with Gasteiger partial charge in [0, 0.05) is 11.1 Å². The molecule has 19 heavy (non-hydrogen) atoms. The Morgan fingerprint density at radius 2 is 1.95 bits per heavy atom. The van der Waals surface area contributed by atoms with Crippen molar-refractivity contribution in [2.75, 3.05) is 0 Å². The fourth-order valence-electron chi connectivity index (χ4n) is 1.68. The van der Waals surface area contributed by atoms with E-state index in [2.05, 4.69) is 20.9 Å². The Hall–Kier alpha value is -1.68. The summed E-state index contributed by atoms with van der Waals surface area (Å²) in [4.78, 5) is 4.31. The van der Waals surface area contributed by atoms with Gasteiger partial charge in [0.05, 0.1) is 0 Å². The fourth-order valence-corrected chi connectivity index (χ4v) is 2.15. The minimum Gasteiger partial charge on any atom is -0.435 e. The normalized spacial score (nSPS) is 12.3. The minimum atomic E-state index is -0.280. The lowest BCUT2D eigenvalue weighted by molar-refractivity contribution is 0.560. The summed E-state index contributed by atoms with van der Waals surface area (Å²) < 4.78 is 19.3. The zero-order valence-corrected chi connectivity index (χ0v) is 12.2. The molecule has 0 saturated carbocycles. The van der Waals surface area contributed by atoms with Crippen molar-refractivity contribution < 1.29 is 8.81 Å². The molecular formula is C15H13BrFNO. The third kappa shape index (κ3) is 3.01. The SMILES string of the molecule is C/C=C\C(=C/C)c1oc(-c2ccc(F)cc2)nc1Br. The number of allylic oxidation sites excluding steroid dienone is 4. The second-order valence-corrected chi connectivity index (χ2v) is 4.64. The van der Waals surface area contributed by atoms with Crippen LogP contribution < -0.4 is 0 Å². The van der Waals surface area contributed by atoms with Gasteiger partial charge >= 0.3 is 0 Å². The molecule has 0 unspecified atom stereocenters. The molecule has 0 saturated heterocycles. The molecule has 2 rings (SSSR count). The predicted molar refractivity (Wildman–Crippen MR) is 78.1 cm³/mol. The van der Waals surface area contributed by atoms with Crippen molar-refractivity contribution in [3.8, 4) is 11.5 Å². The number of oxazole rings is 1. The average Bonchev–Trinajstić information content (AvgIpc) is 2.79. The van der Waals surface area contributed by atoms with Gasteiger partial charge in [-0.1, -0.05) is 18.2 Å². The maximum atomic E-state index is 12.9. The van der Waals surface area contributed by atoms with Crippen LogP contribution in [-0.4, -0.2) is 4.98 Å². The van der Waals surface area contributed by atoms with Gasteiger partial charge < -0.3 is 4.42 Å². The van der Waals surface area contributed by atoms with Crippen LogP contribution in [0, 0.1) is 5.82 Å². The van der Waals surface area contributed by atoms with E-state index in [9.17, 15) is 4.39 Å². The van der Waals surface area contributed by atoms with Gasteiger partial charge in [0.2, 0.25) is 5.89 Å². The molecule has 1 heterocycles. The van der Waals surface area contributed by atoms with Crippen LogP contribution in [0.15, 0.2) is 51.5 Å². The maximum Gasteiger partial charge on any atom is 0.227 e. The molecule has 0 aliphatic carbocycles. The summed E-state index contributed by atoms with van der Waals surface area (Å²) in [5.41, 5.74) is 1.68. The summed E-state index contributed by atoms with van der Waals surface area (Å²) in [6, 6.07) is 6.05. The summed E-state index contributed by atoms with van der Waals surface area (Å²) in [5, 5.41) is 0. The molecule has 0 radical (unpaired) electrons. The van der Waals surface area contributed by atoms with Crippen LogP contribution in [0.1, 0.15) is 19.6 Å². The van der Waals surface area contributed by atoms with Crippen LogP contribution in [-0.2, 0) is 0 Å². The fraction of sp³-hybridized carbons (Fsp3) is 0.133. The van der Waals surface area contributed by atoms with E-state index in [-0.39, 0.29) is 5.82 Å². The Bertz CT molecular complexity index is 626. The molecule has 4 heteroatoms. The van der Waals surface area contributed by atoms with Crippen molar-refractivity contribution >= 4 is 21.5 Å². The first-order chi connectivity index (χ1) is 9.15. The smallest absolute Gasteiger partial charge is 0.227 e. The molecular weight excluding hydrogens is 309 g/mol. The average molecular weight is 322 g/mol. The first kappa shape index (κ1) is 13.7. The Labute approximate surface area is 119 Å². The van der Waals surface area contributed by atoms with E-state index >= 15 is 0 Å². The Kier molecular flexibility index (Phi) is 4.32. The van der Waals surface area contributed by atoms with Gasteiger partial charge in [0.15, 0.2) is 10.4 Å². The number of benzene rings is 1. The maximum absolute atomic E-state index is 12.9. The first-order valence-electron chi connectivity index (χ1n) is 5.87. The topological polar surface area (TPSA) is 26.0 Å². The number of hydrogen-bond acceptors (Lipinski definition) is 2. The lowest BCUT2D eigenvalue weighted by Gasteiger charge is -1.97. The minimum absolute atomic E-state index is 0.280. The number of hydrogen-bond donors (Lipinski definition) is 0. The number of rotatable bonds is 3. The quantitative estimate of drug-likeness (QED) is 0.724. The second kappa shape index (κ2) is 5.97. The lowest BCUT2D eigenvalue weighted by atomic mass is 10.2. The second-order valence-electron chi connectivity index (χ2n) is 3.89. The third-order valence-electron chi connectivity index (χ3n) is 2.60. The van der Waals surface area contributed by atoms with E-state index in [1.54, 1.807) is 12.1 Å². The van der Waals surface area contributed by atoms with E-state index in [0.717, 1.165) is 11.1 Å². The molecule has 0 bridgehead atoms. The molecule has 0 N–H and O–H groups in total. The Balaban J connectivity index is 2.43. The standard InChI is InChI=1S/C15H13BrFNO/c1-3-5-10(4-2)13-14(16)18-15(19-13)11-6-8-12(17)9-7-11/h3-9H,1-2H3/b5-3-,10-4+. The highest BCUT2D eigenvalue weighted by Gasteiger charge is 2.14. The van der Waals surface area contributed by atoms with Gasteiger partial charge in [-0.3, -0.25) is 0 Å². The molecule has 0 fully saturated rings. The highest BCUT2D eigenvalue weighted by Crippen LogP contribution is 2.30. The van der Waals surface area contributed by atoms with E-state index in [1.165, 1.54) is 12.1 Å². The van der Waals surface area contributed by atoms with Crippen molar-refractivity contribution in [2.24, 2.45) is 0 Å². The van der Waals surface area contributed by atoms with Crippen LogP contribution in [0.25, 0.3) is 17.0 Å². The number of halogens is 2. The summed E-state index contributed by atoms with van der Waals surface area (Å²) in [7, 11) is 0. The van der Waals surface area contributed by atoms with Crippen molar-refractivity contribution in [3.63, 3.8) is 0 Å². The largest absolute Gasteiger partial charge is 0.435 e. The van der Waals surface area contributed by atoms with Gasteiger partial charge in [-0.25, -0.2) is 9.37 Å². The van der Waals surface area contributed by atoms with Gasteiger partial charge in [-0.2, -0.15) is 0 Å². The third-order valence-corrected chi connectivity index (χ3v) is 3.13. The van der Waals surface area contributed by atoms with E-state index in [0.29, 0.717) is 16.3 Å². The molecule has 98 valence electrons. The van der Waals surface area contributed by atoms with Gasteiger partial charge in [0.1, 0.15) is 5.82 Å². The van der Waals surface area contributed by atoms with Crippen LogP contribution in [0.4, 0.5) is 4.39 Å². The van der Waals surface area contributed by atoms with Crippen LogP contribution in [0.5, 0.6) is 0 Å². The summed E-state index contributed by atoms with van der Waals surface area (Å²) >= 11 is 3.39. The van der Waals surface area contributed by atoms with Crippen molar-refractivity contribution in [1.82, 2.24) is 4.98 Å². The van der Waals surface area contributed by atoms with E-state index in [1.807, 2.05) is 32.1 Å². The molecule has 0 amide bonds. The van der Waals surface area contributed by atoms with Gasteiger partial charge in [-0.15, -0.1) is 0 Å². The summed E-state index contributed by atoms with van der Waals surface area (Å²) in [6.45, 7) is 3.87. The Morgan fingerprint density at radius 1 is 1.26 bits per heavy atom. The van der Waals surface area contributed by atoms with E-state index in [4.69, 9.17) is 4.42 Å². The first-order valence-corrected chi connectivity index (χ1v) is 6.66. The molecule has 0 aliphatic heterocycles. The van der Waals surface area contributed by atoms with Crippen molar-refractivity contribution in [2.45, 2.75) is 13.8 Å². The summed E-state index contributed by atoms with van der Waals surface area (Å²) in [5.74, 6) is 0.850. The molecule has 2 aromatic rings. The zero-order chi connectivity index (χ0) is 13.8. The molecule has 1 aromatic heterocycles. The molecule has 0 aliphatic rings. The number of aromatic nitrogens is 1. The number of nitrogens with zero attached hydrogens (tertiary/aromatic N) is 1. The van der Waals surface area contributed by atoms with Gasteiger partial charge in [0.25, 0.3) is 0 Å². The Morgan fingerprint density at radius 3 is 2.53 bits per heavy atom. The molecule has 1 aromatic carbocycles. The molecule has 2 nitrogen and oxygen atoms in total. The van der Waals surface area contributed by atoms with Crippen molar-refractivity contribution in [3.05, 3.63) is 58.7 Å². The van der Waals surface area contributed by atoms with Crippen LogP contribution in [0.2, 0.25) is 0 Å². The van der Waals surface area contributed by atoms with Crippen LogP contribution >= 0.6 is 15.9 Å². The highest BCUT2D eigenvalue weighted by molar-refractivity contribution is 9.10. The van der Waals surface area contributed by atoms with E-state index < -0.39 is 0 Å². The summed E-state index contributed by atoms with van der Waals surface area (Å²) in [6.07, 6.45) is 5.82.